The number of nitrogens with zero attached hydrogens (tertiary/aromatic N) is 2. The van der Waals surface area contributed by atoms with Crippen LogP contribution in [0.5, 0.6) is 0 Å². The first-order valence-electron chi connectivity index (χ1n) is 8.18. The summed E-state index contributed by atoms with van der Waals surface area (Å²) >= 11 is 0. The summed E-state index contributed by atoms with van der Waals surface area (Å²) < 4.78 is 48.3. The third kappa shape index (κ3) is 2.94. The lowest BCUT2D eigenvalue weighted by Crippen LogP contribution is -2.14. The van der Waals surface area contributed by atoms with E-state index in [2.05, 4.69) is 4.98 Å². The van der Waals surface area contributed by atoms with Crippen molar-refractivity contribution in [3.8, 4) is 11.1 Å². The molecular weight excluding hydrogens is 345 g/mol. The van der Waals surface area contributed by atoms with Crippen LogP contribution < -0.4 is 0 Å². The van der Waals surface area contributed by atoms with Crippen molar-refractivity contribution < 1.29 is 22.7 Å². The van der Waals surface area contributed by atoms with Crippen LogP contribution in [0.3, 0.4) is 0 Å². The van der Waals surface area contributed by atoms with Crippen LogP contribution in [0.25, 0.3) is 22.2 Å². The number of fused-ring (bicyclic) bond motifs is 1. The third-order valence-electron chi connectivity index (χ3n) is 3.98. The number of halogens is 3. The van der Waals surface area contributed by atoms with Crippen molar-refractivity contribution >= 4 is 17.0 Å². The minimum absolute atomic E-state index is 0.0570. The maximum absolute atomic E-state index is 14.3. The van der Waals surface area contributed by atoms with Crippen LogP contribution in [-0.2, 0) is 4.74 Å². The molecule has 1 heterocycles. The highest BCUT2D eigenvalue weighted by atomic mass is 19.2. The predicted octanol–water partition coefficient (Wildman–Crippen LogP) is 4.88. The van der Waals surface area contributed by atoms with Gasteiger partial charge in [-0.2, -0.15) is 0 Å². The minimum Gasteiger partial charge on any atom is -0.460 e. The van der Waals surface area contributed by atoms with E-state index in [1.807, 2.05) is 13.8 Å². The fourth-order valence-electron chi connectivity index (χ4n) is 2.95. The summed E-state index contributed by atoms with van der Waals surface area (Å²) in [4.78, 5) is 16.6. The standard InChI is InChI=1S/C19H17F3N2O2/c1-4-26-19(25)18-23-17-12(6-5-7-15(17)24(18)10(2)3)13-8-11(20)9-14(21)16(13)22/h5-10H,4H2,1-3H3. The second-order valence-electron chi connectivity index (χ2n) is 6.04. The molecule has 0 N–H and O–H groups in total. The lowest BCUT2D eigenvalue weighted by molar-refractivity contribution is 0.0505. The van der Waals surface area contributed by atoms with E-state index in [-0.39, 0.29) is 35.1 Å². The number of carbonyl (C=O) groups excluding carboxylic acids is 1. The Balaban J connectivity index is 2.33. The molecule has 0 unspecified atom stereocenters. The molecule has 0 saturated carbocycles. The molecule has 7 heteroatoms. The highest BCUT2D eigenvalue weighted by Crippen LogP contribution is 2.33. The topological polar surface area (TPSA) is 44.1 Å². The van der Waals surface area contributed by atoms with Gasteiger partial charge in [0.05, 0.1) is 17.6 Å². The molecule has 0 fully saturated rings. The number of ether oxygens (including phenoxy) is 1. The monoisotopic (exact) mass is 362 g/mol. The first-order valence-corrected chi connectivity index (χ1v) is 8.18. The summed E-state index contributed by atoms with van der Waals surface area (Å²) in [6, 6.07) is 6.09. The number of imidazole rings is 1. The molecule has 0 aliphatic carbocycles. The van der Waals surface area contributed by atoms with Gasteiger partial charge >= 0.3 is 5.97 Å². The molecule has 2 aromatic carbocycles. The van der Waals surface area contributed by atoms with Crippen LogP contribution in [0.1, 0.15) is 37.4 Å². The van der Waals surface area contributed by atoms with Crippen LogP contribution in [0.2, 0.25) is 0 Å². The molecule has 3 rings (SSSR count). The molecule has 0 atom stereocenters. The maximum atomic E-state index is 14.3. The highest BCUT2D eigenvalue weighted by Gasteiger charge is 2.24. The highest BCUT2D eigenvalue weighted by molar-refractivity contribution is 5.97. The second-order valence-corrected chi connectivity index (χ2v) is 6.04. The van der Waals surface area contributed by atoms with E-state index < -0.39 is 23.4 Å². The van der Waals surface area contributed by atoms with Gasteiger partial charge in [-0.1, -0.05) is 12.1 Å². The third-order valence-corrected chi connectivity index (χ3v) is 3.98. The van der Waals surface area contributed by atoms with Gasteiger partial charge in [-0.15, -0.1) is 0 Å². The van der Waals surface area contributed by atoms with Crippen LogP contribution in [-0.4, -0.2) is 22.1 Å². The molecule has 0 saturated heterocycles. The fourth-order valence-corrected chi connectivity index (χ4v) is 2.95. The normalized spacial score (nSPS) is 11.3. The molecule has 3 aromatic rings. The Labute approximate surface area is 148 Å². The smallest absolute Gasteiger partial charge is 0.374 e. The molecular formula is C19H17F3N2O2. The summed E-state index contributed by atoms with van der Waals surface area (Å²) in [7, 11) is 0. The molecule has 0 aliphatic heterocycles. The molecule has 1 aromatic heterocycles. The lowest BCUT2D eigenvalue weighted by atomic mass is 10.0. The van der Waals surface area contributed by atoms with E-state index in [0.29, 0.717) is 11.6 Å². The van der Waals surface area contributed by atoms with Gasteiger partial charge in [-0.3, -0.25) is 0 Å². The van der Waals surface area contributed by atoms with Crippen molar-refractivity contribution in [1.29, 1.82) is 0 Å². The quantitative estimate of drug-likeness (QED) is 0.491. The zero-order chi connectivity index (χ0) is 19.0. The Kier molecular flexibility index (Phi) is 4.71. The van der Waals surface area contributed by atoms with E-state index in [1.54, 1.807) is 23.6 Å². The molecule has 0 spiro atoms. The van der Waals surface area contributed by atoms with E-state index in [4.69, 9.17) is 4.74 Å². The van der Waals surface area contributed by atoms with Gasteiger partial charge in [0, 0.05) is 23.2 Å². The first kappa shape index (κ1) is 18.0. The van der Waals surface area contributed by atoms with Crippen molar-refractivity contribution in [3.05, 3.63) is 53.6 Å². The van der Waals surface area contributed by atoms with E-state index >= 15 is 0 Å². The molecule has 0 bridgehead atoms. The van der Waals surface area contributed by atoms with Crippen LogP contribution >= 0.6 is 0 Å². The Hall–Kier alpha value is -2.83. The van der Waals surface area contributed by atoms with Gasteiger partial charge in [0.25, 0.3) is 0 Å². The maximum Gasteiger partial charge on any atom is 0.374 e. The predicted molar refractivity (Wildman–Crippen MR) is 91.4 cm³/mol. The average Bonchev–Trinajstić information content (AvgIpc) is 2.98. The van der Waals surface area contributed by atoms with Gasteiger partial charge < -0.3 is 9.30 Å². The van der Waals surface area contributed by atoms with Gasteiger partial charge in [-0.25, -0.2) is 22.9 Å². The first-order chi connectivity index (χ1) is 12.3. The van der Waals surface area contributed by atoms with E-state index in [0.717, 1.165) is 6.07 Å². The van der Waals surface area contributed by atoms with Gasteiger partial charge in [0.15, 0.2) is 11.6 Å². The summed E-state index contributed by atoms with van der Waals surface area (Å²) in [5.74, 6) is -3.91. The number of benzene rings is 2. The van der Waals surface area contributed by atoms with Crippen LogP contribution in [0, 0.1) is 17.5 Å². The summed E-state index contributed by atoms with van der Waals surface area (Å²) in [5, 5.41) is 0. The fraction of sp³-hybridized carbons (Fsp3) is 0.263. The zero-order valence-electron chi connectivity index (χ0n) is 14.5. The number of esters is 1. The van der Waals surface area contributed by atoms with E-state index in [9.17, 15) is 18.0 Å². The molecule has 26 heavy (non-hydrogen) atoms. The van der Waals surface area contributed by atoms with Crippen molar-refractivity contribution in [3.63, 3.8) is 0 Å². The Bertz CT molecular complexity index is 996. The summed E-state index contributed by atoms with van der Waals surface area (Å²) in [6.07, 6.45) is 0. The van der Waals surface area contributed by atoms with Gasteiger partial charge in [0.2, 0.25) is 5.82 Å². The molecule has 0 aliphatic rings. The number of para-hydroxylation sites is 1. The van der Waals surface area contributed by atoms with Crippen LogP contribution in [0.4, 0.5) is 13.2 Å². The SMILES string of the molecule is CCOC(=O)c1nc2c(-c3cc(F)cc(F)c3F)cccc2n1C(C)C. The number of rotatable bonds is 4. The minimum atomic E-state index is -1.29. The Morgan fingerprint density at radius 1 is 1.19 bits per heavy atom. The molecule has 0 radical (unpaired) electrons. The zero-order valence-corrected chi connectivity index (χ0v) is 14.5. The number of hydrogen-bond acceptors (Lipinski definition) is 3. The van der Waals surface area contributed by atoms with Crippen molar-refractivity contribution in [2.45, 2.75) is 26.8 Å². The van der Waals surface area contributed by atoms with Gasteiger partial charge in [0.1, 0.15) is 5.82 Å². The van der Waals surface area contributed by atoms with Crippen molar-refractivity contribution in [1.82, 2.24) is 9.55 Å². The van der Waals surface area contributed by atoms with Crippen molar-refractivity contribution in [2.75, 3.05) is 6.61 Å². The Morgan fingerprint density at radius 3 is 2.58 bits per heavy atom. The largest absolute Gasteiger partial charge is 0.460 e. The average molecular weight is 362 g/mol. The second kappa shape index (κ2) is 6.82. The lowest BCUT2D eigenvalue weighted by Gasteiger charge is -2.12. The van der Waals surface area contributed by atoms with E-state index in [1.165, 1.54) is 6.07 Å². The van der Waals surface area contributed by atoms with Crippen molar-refractivity contribution in [2.24, 2.45) is 0 Å². The molecule has 0 amide bonds. The van der Waals surface area contributed by atoms with Crippen LogP contribution in [0.15, 0.2) is 30.3 Å². The number of aromatic nitrogens is 2. The Morgan fingerprint density at radius 2 is 1.92 bits per heavy atom. The summed E-state index contributed by atoms with van der Waals surface area (Å²) in [6.45, 7) is 5.57. The number of hydrogen-bond donors (Lipinski definition) is 0. The summed E-state index contributed by atoms with van der Waals surface area (Å²) in [5.41, 5.74) is 0.762. The number of carbonyl (C=O) groups is 1. The molecule has 136 valence electrons. The van der Waals surface area contributed by atoms with Gasteiger partial charge in [-0.05, 0) is 32.9 Å². The molecule has 4 nitrogen and oxygen atoms in total.